The molecule has 1 aromatic rings. The van der Waals surface area contributed by atoms with Gasteiger partial charge < -0.3 is 5.32 Å². The number of nitrogens with zero attached hydrogens (tertiary/aromatic N) is 1. The third-order valence-corrected chi connectivity index (χ3v) is 2.89. The Hall–Kier alpha value is -0.770. The largest absolute Gasteiger partial charge is 0.351 e. The van der Waals surface area contributed by atoms with Crippen LogP contribution in [0, 0.1) is 0 Å². The van der Waals surface area contributed by atoms with Crippen LogP contribution in [0.3, 0.4) is 0 Å². The summed E-state index contributed by atoms with van der Waals surface area (Å²) in [4.78, 5) is 13.9. The molecule has 0 saturated heterocycles. The lowest BCUT2D eigenvalue weighted by Crippen LogP contribution is -2.36. The number of hydrogen-bond acceptors (Lipinski definition) is 2. The highest BCUT2D eigenvalue weighted by Crippen LogP contribution is 1.97. The average molecular weight is 289 g/mol. The van der Waals surface area contributed by atoms with Crippen LogP contribution in [0.15, 0.2) is 30.3 Å². The molecule has 0 bridgehead atoms. The molecule has 0 spiro atoms. The summed E-state index contributed by atoms with van der Waals surface area (Å²) in [5, 5.41) is 2.88. The molecule has 0 saturated carbocycles. The number of rotatable bonds is 8. The van der Waals surface area contributed by atoms with Gasteiger partial charge in [0.05, 0.1) is 0 Å². The minimum absolute atomic E-state index is 0.0488. The van der Waals surface area contributed by atoms with E-state index in [1.165, 1.54) is 0 Å². The molecule has 1 rings (SSSR count). The van der Waals surface area contributed by atoms with Crippen molar-refractivity contribution in [2.24, 2.45) is 0 Å². The molecule has 0 fully saturated rings. The van der Waals surface area contributed by atoms with Gasteiger partial charge in [-0.15, -0.1) is 23.2 Å². The van der Waals surface area contributed by atoms with Crippen molar-refractivity contribution in [2.45, 2.75) is 0 Å². The minimum atomic E-state index is -0.0488. The van der Waals surface area contributed by atoms with Gasteiger partial charge in [0.1, 0.15) is 0 Å². The van der Waals surface area contributed by atoms with Gasteiger partial charge in [-0.2, -0.15) is 0 Å². The van der Waals surface area contributed by atoms with Gasteiger partial charge in [0.15, 0.2) is 0 Å². The van der Waals surface area contributed by atoms with Gasteiger partial charge in [-0.05, 0) is 12.1 Å². The smallest absolute Gasteiger partial charge is 0.251 e. The molecule has 0 aliphatic rings. The Morgan fingerprint density at radius 1 is 1.06 bits per heavy atom. The molecule has 100 valence electrons. The molecular weight excluding hydrogens is 271 g/mol. The number of alkyl halides is 2. The molecule has 5 heteroatoms. The van der Waals surface area contributed by atoms with Gasteiger partial charge in [0, 0.05) is 43.5 Å². The van der Waals surface area contributed by atoms with E-state index in [-0.39, 0.29) is 5.91 Å². The van der Waals surface area contributed by atoms with Crippen LogP contribution in [-0.2, 0) is 0 Å². The number of benzene rings is 1. The van der Waals surface area contributed by atoms with Crippen molar-refractivity contribution < 1.29 is 4.79 Å². The lowest BCUT2D eigenvalue weighted by molar-refractivity contribution is 0.0949. The fourth-order valence-electron chi connectivity index (χ4n) is 1.59. The third kappa shape index (κ3) is 5.71. The third-order valence-electron chi connectivity index (χ3n) is 2.55. The molecule has 0 aromatic heterocycles. The average Bonchev–Trinajstić information content (AvgIpc) is 2.40. The lowest BCUT2D eigenvalue weighted by atomic mass is 10.2. The van der Waals surface area contributed by atoms with Crippen molar-refractivity contribution in [1.82, 2.24) is 10.2 Å². The number of halogens is 2. The standard InChI is InChI=1S/C13H18Cl2N2O/c14-6-9-17(10-7-15)11-8-16-13(18)12-4-2-1-3-5-12/h1-5H,6-11H2,(H,16,18). The maximum absolute atomic E-state index is 11.8. The first-order chi connectivity index (χ1) is 8.77. The summed E-state index contributed by atoms with van der Waals surface area (Å²) in [6.07, 6.45) is 0. The summed E-state index contributed by atoms with van der Waals surface area (Å²) in [7, 11) is 0. The number of carbonyl (C=O) groups is 1. The van der Waals surface area contributed by atoms with Crippen molar-refractivity contribution in [3.63, 3.8) is 0 Å². The van der Waals surface area contributed by atoms with Crippen LogP contribution in [0.1, 0.15) is 10.4 Å². The van der Waals surface area contributed by atoms with E-state index in [1.807, 2.05) is 18.2 Å². The quantitative estimate of drug-likeness (QED) is 0.744. The molecular formula is C13H18Cl2N2O. The first kappa shape index (κ1) is 15.3. The SMILES string of the molecule is O=C(NCCN(CCCl)CCCl)c1ccccc1. The minimum Gasteiger partial charge on any atom is -0.351 e. The van der Waals surface area contributed by atoms with Crippen LogP contribution in [0.25, 0.3) is 0 Å². The molecule has 0 atom stereocenters. The first-order valence-corrected chi connectivity index (χ1v) is 7.02. The predicted octanol–water partition coefficient (Wildman–Crippen LogP) is 2.20. The molecule has 0 unspecified atom stereocenters. The summed E-state index contributed by atoms with van der Waals surface area (Å²) in [5.41, 5.74) is 0.679. The van der Waals surface area contributed by atoms with Crippen LogP contribution in [0.2, 0.25) is 0 Å². The molecule has 0 radical (unpaired) electrons. The Bertz CT molecular complexity index is 340. The monoisotopic (exact) mass is 288 g/mol. The van der Waals surface area contributed by atoms with Gasteiger partial charge >= 0.3 is 0 Å². The predicted molar refractivity (Wildman–Crippen MR) is 76.7 cm³/mol. The summed E-state index contributed by atoms with van der Waals surface area (Å²) in [6.45, 7) is 2.94. The summed E-state index contributed by atoms with van der Waals surface area (Å²) < 4.78 is 0. The van der Waals surface area contributed by atoms with E-state index in [0.29, 0.717) is 23.9 Å². The van der Waals surface area contributed by atoms with Gasteiger partial charge in [0.2, 0.25) is 0 Å². The van der Waals surface area contributed by atoms with E-state index in [9.17, 15) is 4.79 Å². The highest BCUT2D eigenvalue weighted by molar-refractivity contribution is 6.18. The van der Waals surface area contributed by atoms with E-state index in [2.05, 4.69) is 10.2 Å². The van der Waals surface area contributed by atoms with E-state index in [0.717, 1.165) is 19.6 Å². The van der Waals surface area contributed by atoms with Gasteiger partial charge in [-0.1, -0.05) is 18.2 Å². The van der Waals surface area contributed by atoms with E-state index in [1.54, 1.807) is 12.1 Å². The molecule has 18 heavy (non-hydrogen) atoms. The zero-order valence-electron chi connectivity index (χ0n) is 10.2. The fourth-order valence-corrected chi connectivity index (χ4v) is 2.07. The Morgan fingerprint density at radius 3 is 2.22 bits per heavy atom. The Labute approximate surface area is 118 Å². The second-order valence-corrected chi connectivity index (χ2v) is 4.60. The van der Waals surface area contributed by atoms with Crippen molar-refractivity contribution in [3.8, 4) is 0 Å². The molecule has 3 nitrogen and oxygen atoms in total. The topological polar surface area (TPSA) is 32.3 Å². The lowest BCUT2D eigenvalue weighted by Gasteiger charge is -2.19. The van der Waals surface area contributed by atoms with Crippen LogP contribution in [-0.4, -0.2) is 48.7 Å². The molecule has 1 N–H and O–H groups in total. The van der Waals surface area contributed by atoms with Gasteiger partial charge in [-0.3, -0.25) is 9.69 Å². The highest BCUT2D eigenvalue weighted by Gasteiger charge is 2.06. The molecule has 0 aliphatic carbocycles. The van der Waals surface area contributed by atoms with Crippen LogP contribution in [0.5, 0.6) is 0 Å². The Balaban J connectivity index is 2.30. The summed E-state index contributed by atoms with van der Waals surface area (Å²) >= 11 is 11.4. The first-order valence-electron chi connectivity index (χ1n) is 5.95. The van der Waals surface area contributed by atoms with E-state index < -0.39 is 0 Å². The zero-order valence-corrected chi connectivity index (χ0v) is 11.8. The van der Waals surface area contributed by atoms with Crippen molar-refractivity contribution in [3.05, 3.63) is 35.9 Å². The van der Waals surface area contributed by atoms with E-state index >= 15 is 0 Å². The fraction of sp³-hybridized carbons (Fsp3) is 0.462. The van der Waals surface area contributed by atoms with Gasteiger partial charge in [-0.25, -0.2) is 0 Å². The van der Waals surface area contributed by atoms with E-state index in [4.69, 9.17) is 23.2 Å². The number of carbonyl (C=O) groups excluding carboxylic acids is 1. The van der Waals surface area contributed by atoms with Crippen LogP contribution < -0.4 is 5.32 Å². The second-order valence-electron chi connectivity index (χ2n) is 3.84. The van der Waals surface area contributed by atoms with Gasteiger partial charge in [0.25, 0.3) is 5.91 Å². The van der Waals surface area contributed by atoms with Crippen LogP contribution >= 0.6 is 23.2 Å². The molecule has 1 aromatic carbocycles. The van der Waals surface area contributed by atoms with Crippen molar-refractivity contribution in [1.29, 1.82) is 0 Å². The highest BCUT2D eigenvalue weighted by atomic mass is 35.5. The summed E-state index contributed by atoms with van der Waals surface area (Å²) in [5.74, 6) is 1.10. The Kier molecular flexibility index (Phi) is 7.81. The van der Waals surface area contributed by atoms with Crippen molar-refractivity contribution in [2.75, 3.05) is 37.9 Å². The second kappa shape index (κ2) is 9.20. The number of hydrogen-bond donors (Lipinski definition) is 1. The summed E-state index contributed by atoms with van der Waals surface area (Å²) in [6, 6.07) is 9.18. The number of amides is 1. The maximum atomic E-state index is 11.8. The maximum Gasteiger partial charge on any atom is 0.251 e. The molecule has 1 amide bonds. The normalized spacial score (nSPS) is 10.6. The molecule has 0 aliphatic heterocycles. The zero-order chi connectivity index (χ0) is 13.2. The number of nitrogens with one attached hydrogen (secondary N) is 1. The van der Waals surface area contributed by atoms with Crippen LogP contribution in [0.4, 0.5) is 0 Å². The van der Waals surface area contributed by atoms with Crippen molar-refractivity contribution >= 4 is 29.1 Å². The Morgan fingerprint density at radius 2 is 1.67 bits per heavy atom. The molecule has 0 heterocycles.